The zero-order valence-electron chi connectivity index (χ0n) is 14.1. The van der Waals surface area contributed by atoms with Gasteiger partial charge in [0.2, 0.25) is 0 Å². The van der Waals surface area contributed by atoms with Crippen molar-refractivity contribution < 1.29 is 4.39 Å². The lowest BCUT2D eigenvalue weighted by atomic mass is 9.98. The van der Waals surface area contributed by atoms with Crippen molar-refractivity contribution >= 4 is 16.5 Å². The van der Waals surface area contributed by atoms with Gasteiger partial charge in [-0.25, -0.2) is 4.39 Å². The Bertz CT molecular complexity index is 919. The molecule has 122 valence electrons. The van der Waals surface area contributed by atoms with Crippen molar-refractivity contribution in [1.29, 1.82) is 0 Å². The maximum Gasteiger partial charge on any atom is 0.123 e. The van der Waals surface area contributed by atoms with Crippen molar-refractivity contribution in [1.82, 2.24) is 9.47 Å². The van der Waals surface area contributed by atoms with E-state index in [-0.39, 0.29) is 5.82 Å². The molecule has 2 nitrogen and oxygen atoms in total. The quantitative estimate of drug-likeness (QED) is 0.658. The molecule has 0 amide bonds. The zero-order chi connectivity index (χ0) is 16.7. The second kappa shape index (κ2) is 5.91. The summed E-state index contributed by atoms with van der Waals surface area (Å²) in [6.45, 7) is 4.20. The molecule has 3 heteroatoms. The van der Waals surface area contributed by atoms with E-state index in [2.05, 4.69) is 53.9 Å². The van der Waals surface area contributed by atoms with Crippen molar-refractivity contribution in [3.05, 3.63) is 71.7 Å². The molecule has 1 aliphatic heterocycles. The van der Waals surface area contributed by atoms with Gasteiger partial charge in [0.1, 0.15) is 5.82 Å². The molecule has 3 aromatic rings. The van der Waals surface area contributed by atoms with Crippen molar-refractivity contribution in [3.63, 3.8) is 0 Å². The van der Waals surface area contributed by atoms with Crippen molar-refractivity contribution in [3.8, 4) is 5.69 Å². The number of hydrogen-bond donors (Lipinski definition) is 0. The summed E-state index contributed by atoms with van der Waals surface area (Å²) < 4.78 is 15.4. The summed E-state index contributed by atoms with van der Waals surface area (Å²) in [6, 6.07) is 13.3. The Labute approximate surface area is 141 Å². The lowest BCUT2D eigenvalue weighted by molar-refractivity contribution is 0.370. The number of likely N-dealkylation sites (N-methyl/N-ethyl adjacent to an activating group) is 1. The maximum atomic E-state index is 13.3. The lowest BCUT2D eigenvalue weighted by Gasteiger charge is -2.21. The lowest BCUT2D eigenvalue weighted by Crippen LogP contribution is -2.23. The third-order valence-corrected chi connectivity index (χ3v) is 4.82. The van der Waals surface area contributed by atoms with Gasteiger partial charge in [-0.3, -0.25) is 0 Å². The minimum absolute atomic E-state index is 0.204. The van der Waals surface area contributed by atoms with E-state index in [0.29, 0.717) is 0 Å². The third kappa shape index (κ3) is 2.65. The number of benzene rings is 2. The highest BCUT2D eigenvalue weighted by Crippen LogP contribution is 2.33. The summed E-state index contributed by atoms with van der Waals surface area (Å²) in [4.78, 5) is 2.33. The number of halogens is 1. The van der Waals surface area contributed by atoms with Crippen molar-refractivity contribution in [2.45, 2.75) is 13.3 Å². The van der Waals surface area contributed by atoms with Crippen LogP contribution in [0.2, 0.25) is 0 Å². The minimum Gasteiger partial charge on any atom is -0.316 e. The maximum absolute atomic E-state index is 13.3. The highest BCUT2D eigenvalue weighted by atomic mass is 19.1. The van der Waals surface area contributed by atoms with E-state index in [1.165, 1.54) is 39.7 Å². The van der Waals surface area contributed by atoms with Gasteiger partial charge in [0, 0.05) is 35.9 Å². The first-order chi connectivity index (χ1) is 11.6. The van der Waals surface area contributed by atoms with Crippen LogP contribution in [-0.2, 0) is 0 Å². The fraction of sp³-hybridized carbons (Fsp3) is 0.238. The van der Waals surface area contributed by atoms with E-state index < -0.39 is 0 Å². The van der Waals surface area contributed by atoms with E-state index in [9.17, 15) is 4.39 Å². The first-order valence-corrected chi connectivity index (χ1v) is 8.37. The molecular formula is C21H21FN2. The standard InChI is InChI=1S/C21H21FN2/c1-15-3-8-21-19(13-15)20(16-9-11-23(2)12-10-16)14-24(21)18-6-4-17(22)5-7-18/h3-9,13-14H,10-12H2,1-2H3. The fourth-order valence-electron chi connectivity index (χ4n) is 3.43. The van der Waals surface area contributed by atoms with Crippen LogP contribution in [0.4, 0.5) is 4.39 Å². The van der Waals surface area contributed by atoms with E-state index in [4.69, 9.17) is 0 Å². The summed E-state index contributed by atoms with van der Waals surface area (Å²) in [5.74, 6) is -0.204. The molecule has 0 N–H and O–H groups in total. The Kier molecular flexibility index (Phi) is 3.73. The Morgan fingerprint density at radius 2 is 1.83 bits per heavy atom. The van der Waals surface area contributed by atoms with Crippen LogP contribution in [0, 0.1) is 12.7 Å². The number of rotatable bonds is 2. The topological polar surface area (TPSA) is 8.17 Å². The first kappa shape index (κ1) is 15.2. The van der Waals surface area contributed by atoms with Gasteiger partial charge in [-0.15, -0.1) is 0 Å². The van der Waals surface area contributed by atoms with Gasteiger partial charge in [0.15, 0.2) is 0 Å². The number of nitrogens with zero attached hydrogens (tertiary/aromatic N) is 2. The molecular weight excluding hydrogens is 299 g/mol. The second-order valence-electron chi connectivity index (χ2n) is 6.65. The molecule has 24 heavy (non-hydrogen) atoms. The van der Waals surface area contributed by atoms with Crippen molar-refractivity contribution in [2.24, 2.45) is 0 Å². The summed E-state index contributed by atoms with van der Waals surface area (Å²) >= 11 is 0. The molecule has 2 heterocycles. The minimum atomic E-state index is -0.204. The van der Waals surface area contributed by atoms with Gasteiger partial charge in [0.05, 0.1) is 5.52 Å². The molecule has 1 aromatic heterocycles. The molecule has 0 radical (unpaired) electrons. The van der Waals surface area contributed by atoms with Gasteiger partial charge in [-0.1, -0.05) is 17.7 Å². The van der Waals surface area contributed by atoms with Crippen LogP contribution in [0.15, 0.2) is 54.7 Å². The Balaban J connectivity index is 1.91. The molecule has 0 unspecified atom stereocenters. The van der Waals surface area contributed by atoms with Gasteiger partial charge in [0.25, 0.3) is 0 Å². The fourth-order valence-corrected chi connectivity index (χ4v) is 3.43. The van der Waals surface area contributed by atoms with Crippen LogP contribution in [-0.4, -0.2) is 29.6 Å². The molecule has 0 fully saturated rings. The number of hydrogen-bond acceptors (Lipinski definition) is 1. The molecule has 4 rings (SSSR count). The average molecular weight is 320 g/mol. The van der Waals surface area contributed by atoms with E-state index in [1.54, 1.807) is 0 Å². The van der Waals surface area contributed by atoms with Crippen LogP contribution in [0.25, 0.3) is 22.2 Å². The second-order valence-corrected chi connectivity index (χ2v) is 6.65. The van der Waals surface area contributed by atoms with Crippen LogP contribution in [0.5, 0.6) is 0 Å². The normalized spacial score (nSPS) is 15.7. The molecule has 0 atom stereocenters. The summed E-state index contributed by atoms with van der Waals surface area (Å²) in [7, 11) is 2.15. The summed E-state index contributed by atoms with van der Waals surface area (Å²) in [6.07, 6.45) is 5.59. The Morgan fingerprint density at radius 1 is 1.04 bits per heavy atom. The SMILES string of the molecule is Cc1ccc2c(c1)c(C1=CCN(C)CC1)cn2-c1ccc(F)cc1. The van der Waals surface area contributed by atoms with Crippen LogP contribution < -0.4 is 0 Å². The van der Waals surface area contributed by atoms with E-state index in [0.717, 1.165) is 25.2 Å². The van der Waals surface area contributed by atoms with E-state index >= 15 is 0 Å². The predicted molar refractivity (Wildman–Crippen MR) is 98.1 cm³/mol. The summed E-state index contributed by atoms with van der Waals surface area (Å²) in [5, 5.41) is 1.27. The van der Waals surface area contributed by atoms with Crippen LogP contribution >= 0.6 is 0 Å². The van der Waals surface area contributed by atoms with Gasteiger partial charge in [-0.2, -0.15) is 0 Å². The first-order valence-electron chi connectivity index (χ1n) is 8.37. The number of aromatic nitrogens is 1. The third-order valence-electron chi connectivity index (χ3n) is 4.82. The van der Waals surface area contributed by atoms with Gasteiger partial charge in [-0.05, 0) is 62.4 Å². The van der Waals surface area contributed by atoms with Gasteiger partial charge < -0.3 is 9.47 Å². The molecule has 0 saturated heterocycles. The number of fused-ring (bicyclic) bond motifs is 1. The molecule has 0 aliphatic carbocycles. The largest absolute Gasteiger partial charge is 0.316 e. The molecule has 2 aromatic carbocycles. The summed E-state index contributed by atoms with van der Waals surface area (Å²) in [5.41, 5.74) is 6.12. The Morgan fingerprint density at radius 3 is 2.54 bits per heavy atom. The Hall–Kier alpha value is -2.39. The average Bonchev–Trinajstić information content (AvgIpc) is 2.95. The monoisotopic (exact) mass is 320 g/mol. The molecule has 0 spiro atoms. The predicted octanol–water partition coefficient (Wildman–Crippen LogP) is 4.80. The van der Waals surface area contributed by atoms with E-state index in [1.807, 2.05) is 12.1 Å². The molecule has 0 saturated carbocycles. The zero-order valence-corrected chi connectivity index (χ0v) is 14.1. The van der Waals surface area contributed by atoms with Crippen molar-refractivity contribution in [2.75, 3.05) is 20.1 Å². The molecule has 0 bridgehead atoms. The molecule has 1 aliphatic rings. The van der Waals surface area contributed by atoms with Crippen LogP contribution in [0.3, 0.4) is 0 Å². The highest BCUT2D eigenvalue weighted by molar-refractivity contribution is 5.94. The highest BCUT2D eigenvalue weighted by Gasteiger charge is 2.16. The smallest absolute Gasteiger partial charge is 0.123 e. The number of aryl methyl sites for hydroxylation is 1. The van der Waals surface area contributed by atoms with Gasteiger partial charge >= 0.3 is 0 Å². The van der Waals surface area contributed by atoms with Crippen LogP contribution in [0.1, 0.15) is 17.5 Å².